The van der Waals surface area contributed by atoms with Crippen LogP contribution in [-0.2, 0) is 14.3 Å². The fraction of sp³-hybridized carbons (Fsp3) is 0.833. The Bertz CT molecular complexity index is 207. The first-order chi connectivity index (χ1) is 7.61. The summed E-state index contributed by atoms with van der Waals surface area (Å²) in [5, 5.41) is 8.42. The van der Waals surface area contributed by atoms with Crippen molar-refractivity contribution in [2.24, 2.45) is 5.92 Å². The van der Waals surface area contributed by atoms with E-state index in [2.05, 4.69) is 0 Å². The van der Waals surface area contributed by atoms with Crippen LogP contribution >= 0.6 is 0 Å². The number of carbonyl (C=O) groups excluding carboxylic acids is 1. The van der Waals surface area contributed by atoms with Crippen molar-refractivity contribution in [3.63, 3.8) is 0 Å². The topological polar surface area (TPSA) is 63.6 Å². The molecule has 0 amide bonds. The van der Waals surface area contributed by atoms with Gasteiger partial charge in [0.05, 0.1) is 12.5 Å². The van der Waals surface area contributed by atoms with Gasteiger partial charge in [-0.25, -0.2) is 0 Å². The number of carboxylic acid groups (broad SMARTS) is 1. The van der Waals surface area contributed by atoms with Gasteiger partial charge in [0, 0.05) is 6.42 Å². The SMILES string of the molecule is CCCC(CCC)C(=O)OCCCC(=O)O. The molecule has 94 valence electrons. The summed E-state index contributed by atoms with van der Waals surface area (Å²) in [7, 11) is 0. The van der Waals surface area contributed by atoms with Crippen molar-refractivity contribution < 1.29 is 19.4 Å². The zero-order chi connectivity index (χ0) is 12.4. The van der Waals surface area contributed by atoms with Crippen LogP contribution in [0.3, 0.4) is 0 Å². The van der Waals surface area contributed by atoms with Gasteiger partial charge in [-0.15, -0.1) is 0 Å². The molecular weight excluding hydrogens is 208 g/mol. The van der Waals surface area contributed by atoms with Gasteiger partial charge in [0.1, 0.15) is 0 Å². The molecule has 0 spiro atoms. The van der Waals surface area contributed by atoms with Gasteiger partial charge < -0.3 is 9.84 Å². The van der Waals surface area contributed by atoms with E-state index >= 15 is 0 Å². The molecule has 0 rings (SSSR count). The first-order valence-corrected chi connectivity index (χ1v) is 6.00. The van der Waals surface area contributed by atoms with E-state index in [4.69, 9.17) is 9.84 Å². The number of rotatable bonds is 9. The molecular formula is C12H22O4. The Kier molecular flexibility index (Phi) is 8.58. The molecule has 0 aliphatic carbocycles. The third-order valence-electron chi connectivity index (χ3n) is 2.39. The summed E-state index contributed by atoms with van der Waals surface area (Å²) in [5.74, 6) is -1.04. The average Bonchev–Trinajstić information content (AvgIpc) is 2.23. The Balaban J connectivity index is 3.77. The molecule has 4 nitrogen and oxygen atoms in total. The summed E-state index contributed by atoms with van der Waals surface area (Å²) >= 11 is 0. The Morgan fingerprint density at radius 1 is 1.19 bits per heavy atom. The van der Waals surface area contributed by atoms with Gasteiger partial charge in [0.25, 0.3) is 0 Å². The maximum Gasteiger partial charge on any atom is 0.308 e. The maximum atomic E-state index is 11.6. The first kappa shape index (κ1) is 14.9. The minimum absolute atomic E-state index is 0.0140. The van der Waals surface area contributed by atoms with Crippen LogP contribution in [0.4, 0.5) is 0 Å². The number of carbonyl (C=O) groups is 2. The number of esters is 1. The van der Waals surface area contributed by atoms with Gasteiger partial charge in [-0.1, -0.05) is 26.7 Å². The molecule has 0 atom stereocenters. The van der Waals surface area contributed by atoms with E-state index in [0.29, 0.717) is 6.42 Å². The highest BCUT2D eigenvalue weighted by atomic mass is 16.5. The van der Waals surface area contributed by atoms with Gasteiger partial charge in [-0.2, -0.15) is 0 Å². The van der Waals surface area contributed by atoms with Gasteiger partial charge in [-0.3, -0.25) is 9.59 Å². The fourth-order valence-corrected chi connectivity index (χ4v) is 1.59. The number of hydrogen-bond acceptors (Lipinski definition) is 3. The van der Waals surface area contributed by atoms with Crippen molar-refractivity contribution in [2.45, 2.75) is 52.4 Å². The zero-order valence-electron chi connectivity index (χ0n) is 10.2. The molecule has 0 radical (unpaired) electrons. The van der Waals surface area contributed by atoms with Gasteiger partial charge in [0.2, 0.25) is 0 Å². The molecule has 0 aromatic carbocycles. The highest BCUT2D eigenvalue weighted by Gasteiger charge is 2.17. The molecule has 0 aromatic rings. The monoisotopic (exact) mass is 230 g/mol. The summed E-state index contributed by atoms with van der Waals surface area (Å²) in [6.45, 7) is 4.30. The van der Waals surface area contributed by atoms with Crippen LogP contribution < -0.4 is 0 Å². The quantitative estimate of drug-likeness (QED) is 0.488. The highest BCUT2D eigenvalue weighted by molar-refractivity contribution is 5.72. The molecule has 4 heteroatoms. The number of ether oxygens (including phenoxy) is 1. The largest absolute Gasteiger partial charge is 0.481 e. The maximum absolute atomic E-state index is 11.6. The van der Waals surface area contributed by atoms with E-state index < -0.39 is 5.97 Å². The molecule has 0 aliphatic heterocycles. The van der Waals surface area contributed by atoms with Crippen molar-refractivity contribution in [1.82, 2.24) is 0 Å². The van der Waals surface area contributed by atoms with E-state index in [1.54, 1.807) is 0 Å². The van der Waals surface area contributed by atoms with Crippen LogP contribution in [0.15, 0.2) is 0 Å². The van der Waals surface area contributed by atoms with Gasteiger partial charge >= 0.3 is 11.9 Å². The Labute approximate surface area is 97.0 Å². The zero-order valence-corrected chi connectivity index (χ0v) is 10.2. The van der Waals surface area contributed by atoms with Crippen LogP contribution in [0.5, 0.6) is 0 Å². The Hall–Kier alpha value is -1.06. The van der Waals surface area contributed by atoms with Crippen LogP contribution in [0.1, 0.15) is 52.4 Å². The fourth-order valence-electron chi connectivity index (χ4n) is 1.59. The second kappa shape index (κ2) is 9.19. The van der Waals surface area contributed by atoms with Gasteiger partial charge in [-0.05, 0) is 19.3 Å². The Morgan fingerprint density at radius 3 is 2.19 bits per heavy atom. The number of aliphatic carboxylic acids is 1. The van der Waals surface area contributed by atoms with Crippen LogP contribution in [-0.4, -0.2) is 23.7 Å². The predicted octanol–water partition coefficient (Wildman–Crippen LogP) is 2.61. The van der Waals surface area contributed by atoms with Crippen molar-refractivity contribution >= 4 is 11.9 Å². The lowest BCUT2D eigenvalue weighted by Crippen LogP contribution is -2.18. The molecule has 0 aliphatic rings. The average molecular weight is 230 g/mol. The normalized spacial score (nSPS) is 10.4. The summed E-state index contributed by atoms with van der Waals surface area (Å²) < 4.78 is 5.06. The van der Waals surface area contributed by atoms with E-state index in [1.807, 2.05) is 13.8 Å². The molecule has 0 heterocycles. The van der Waals surface area contributed by atoms with Crippen LogP contribution in [0.25, 0.3) is 0 Å². The minimum Gasteiger partial charge on any atom is -0.481 e. The molecule has 0 saturated heterocycles. The van der Waals surface area contributed by atoms with E-state index in [-0.39, 0.29) is 24.9 Å². The molecule has 16 heavy (non-hydrogen) atoms. The predicted molar refractivity (Wildman–Crippen MR) is 61.1 cm³/mol. The van der Waals surface area contributed by atoms with E-state index in [9.17, 15) is 9.59 Å². The molecule has 0 unspecified atom stereocenters. The lowest BCUT2D eigenvalue weighted by atomic mass is 9.99. The second-order valence-electron chi connectivity index (χ2n) is 3.94. The summed E-state index contributed by atoms with van der Waals surface area (Å²) in [6.07, 6.45) is 4.09. The first-order valence-electron chi connectivity index (χ1n) is 6.00. The van der Waals surface area contributed by atoms with Crippen molar-refractivity contribution in [3.8, 4) is 0 Å². The highest BCUT2D eigenvalue weighted by Crippen LogP contribution is 2.15. The molecule has 0 fully saturated rings. The van der Waals surface area contributed by atoms with Crippen LogP contribution in [0.2, 0.25) is 0 Å². The molecule has 0 saturated carbocycles. The standard InChI is InChI=1S/C12H22O4/c1-3-6-10(7-4-2)12(15)16-9-5-8-11(13)14/h10H,3-9H2,1-2H3,(H,13,14). The molecule has 0 aromatic heterocycles. The molecule has 0 bridgehead atoms. The van der Waals surface area contributed by atoms with Crippen LogP contribution in [0, 0.1) is 5.92 Å². The third kappa shape index (κ3) is 7.26. The van der Waals surface area contributed by atoms with Crippen molar-refractivity contribution in [3.05, 3.63) is 0 Å². The van der Waals surface area contributed by atoms with Gasteiger partial charge in [0.15, 0.2) is 0 Å². The minimum atomic E-state index is -0.852. The second-order valence-corrected chi connectivity index (χ2v) is 3.94. The molecule has 1 N–H and O–H groups in total. The van der Waals surface area contributed by atoms with Crippen molar-refractivity contribution in [1.29, 1.82) is 0 Å². The Morgan fingerprint density at radius 2 is 1.75 bits per heavy atom. The summed E-state index contributed by atoms with van der Waals surface area (Å²) in [6, 6.07) is 0. The lowest BCUT2D eigenvalue weighted by molar-refractivity contribution is -0.150. The van der Waals surface area contributed by atoms with E-state index in [1.165, 1.54) is 0 Å². The number of carboxylic acids is 1. The smallest absolute Gasteiger partial charge is 0.308 e. The van der Waals surface area contributed by atoms with E-state index in [0.717, 1.165) is 25.7 Å². The summed E-state index contributed by atoms with van der Waals surface area (Å²) in [4.78, 5) is 21.8. The lowest BCUT2D eigenvalue weighted by Gasteiger charge is -2.13. The third-order valence-corrected chi connectivity index (χ3v) is 2.39. The van der Waals surface area contributed by atoms with Crippen molar-refractivity contribution in [2.75, 3.05) is 6.61 Å². The summed E-state index contributed by atoms with van der Waals surface area (Å²) in [5.41, 5.74) is 0. The number of hydrogen-bond donors (Lipinski definition) is 1.